The van der Waals surface area contributed by atoms with Crippen LogP contribution in [0.3, 0.4) is 0 Å². The molecule has 5 N–H and O–H groups in total. The summed E-state index contributed by atoms with van der Waals surface area (Å²) in [6.45, 7) is 19.4. The number of aliphatic hydroxyl groups is 2. The van der Waals surface area contributed by atoms with Crippen molar-refractivity contribution in [1.82, 2.24) is 35.6 Å². The van der Waals surface area contributed by atoms with Gasteiger partial charge in [0.25, 0.3) is 5.91 Å². The van der Waals surface area contributed by atoms with E-state index in [1.54, 1.807) is 23.7 Å². The minimum Gasteiger partial charge on any atom is -0.489 e. The first-order valence-electron chi connectivity index (χ1n) is 24.5. The second-order valence-electron chi connectivity index (χ2n) is 21.6. The third-order valence-electron chi connectivity index (χ3n) is 14.5. The van der Waals surface area contributed by atoms with Crippen LogP contribution in [0.5, 0.6) is 5.75 Å². The number of likely N-dealkylation sites (tertiary alicyclic amines) is 1. The Balaban J connectivity index is 0.840. The summed E-state index contributed by atoms with van der Waals surface area (Å²) in [7, 11) is 0. The number of aryl methyl sites for hydroxylation is 2. The second kappa shape index (κ2) is 22.1. The Kier molecular flexibility index (Phi) is 16.7. The lowest BCUT2D eigenvalue weighted by molar-refractivity contribution is -0.164. The molecule has 1 unspecified atom stereocenters. The van der Waals surface area contributed by atoms with Gasteiger partial charge in [0.1, 0.15) is 30.0 Å². The minimum absolute atomic E-state index is 0.0383. The summed E-state index contributed by atoms with van der Waals surface area (Å²) in [5.74, 6) is -0.762. The molecule has 4 aromatic rings. The van der Waals surface area contributed by atoms with Crippen LogP contribution in [0.4, 0.5) is 0 Å². The fraction of sp³-hybridized carbons (Fsp3) is 0.519. The van der Waals surface area contributed by atoms with Crippen LogP contribution in [0.1, 0.15) is 100 Å². The molecule has 0 bridgehead atoms. The predicted octanol–water partition coefficient (Wildman–Crippen LogP) is 6.15. The third kappa shape index (κ3) is 12.3. The Morgan fingerprint density at radius 3 is 2.21 bits per heavy atom. The van der Waals surface area contributed by atoms with E-state index in [9.17, 15) is 34.7 Å². The molecule has 380 valence electrons. The van der Waals surface area contributed by atoms with Crippen molar-refractivity contribution in [2.45, 2.75) is 111 Å². The molecule has 3 fully saturated rings. The first kappa shape index (κ1) is 53.4. The van der Waals surface area contributed by atoms with Crippen LogP contribution in [0, 0.1) is 34.5 Å². The molecule has 1 aliphatic carbocycles. The van der Waals surface area contributed by atoms with Crippen LogP contribution in [-0.4, -0.2) is 136 Å². The van der Waals surface area contributed by atoms with Crippen molar-refractivity contribution in [2.24, 2.45) is 16.2 Å². The SMILES string of the molecule is Cc1ncsc1-c1ccc([C@H](CO)NC(=O)[C@@H]2C[C@@H](O)CN2C(=O)C(NC(=O)CN2CCN(CCCc3ccc(C(=O)NC4C(C)(C)C(Oc5ccc(C#N)c(Cl)c5)C4(C)C)cc3)CC2)C(C)(C)C)cc1. The van der Waals surface area contributed by atoms with Gasteiger partial charge < -0.3 is 40.7 Å². The number of hydrogen-bond acceptors (Lipinski definition) is 12. The minimum atomic E-state index is -0.982. The first-order chi connectivity index (χ1) is 33.6. The van der Waals surface area contributed by atoms with Crippen molar-refractivity contribution in [1.29, 1.82) is 5.26 Å². The van der Waals surface area contributed by atoms with E-state index in [1.165, 1.54) is 16.2 Å². The van der Waals surface area contributed by atoms with Crippen LogP contribution < -0.4 is 20.7 Å². The van der Waals surface area contributed by atoms with E-state index >= 15 is 0 Å². The van der Waals surface area contributed by atoms with Crippen molar-refractivity contribution < 1.29 is 34.1 Å². The Labute approximate surface area is 426 Å². The Hall–Kier alpha value is -5.41. The standard InChI is InChI=1S/C54H69ClN8O7S/c1-33-45(71-32-57-33)36-17-15-35(16-18-36)42(31-64)58-48(68)43-26-39(65)29-63(43)49(69)46(52(2,3)4)59-44(66)30-62-24-22-61(23-25-62)21-9-10-34-11-13-37(14-12-34)47(67)60-50-53(5,6)51(54(50,7)8)70-40-20-19-38(28-56)41(55)27-40/h11-20,27,32,39,42-43,46,50-51,64-65H,9-10,21-26,29-31H2,1-8H3,(H,58,68)(H,59,66)(H,60,67)/t39-,42+,43+,46?,50?,51?/m1/s1. The Morgan fingerprint density at radius 1 is 0.958 bits per heavy atom. The highest BCUT2D eigenvalue weighted by molar-refractivity contribution is 7.13. The number of carbonyl (C=O) groups is 4. The molecular formula is C54H69ClN8O7S. The summed E-state index contributed by atoms with van der Waals surface area (Å²) in [6.07, 6.45) is 0.709. The topological polar surface area (TPSA) is 200 Å². The van der Waals surface area contributed by atoms with Gasteiger partial charge in [-0.3, -0.25) is 24.1 Å². The monoisotopic (exact) mass is 1010 g/mol. The van der Waals surface area contributed by atoms with Crippen LogP contribution in [0.2, 0.25) is 5.02 Å². The average Bonchev–Trinajstić information content (AvgIpc) is 3.96. The molecule has 2 saturated heterocycles. The number of benzene rings is 3. The van der Waals surface area contributed by atoms with Crippen LogP contribution in [-0.2, 0) is 20.8 Å². The molecular weight excluding hydrogens is 940 g/mol. The van der Waals surface area contributed by atoms with Crippen molar-refractivity contribution in [2.75, 3.05) is 52.4 Å². The second-order valence-corrected chi connectivity index (χ2v) is 22.9. The van der Waals surface area contributed by atoms with E-state index in [2.05, 4.69) is 64.5 Å². The van der Waals surface area contributed by atoms with E-state index in [-0.39, 0.29) is 60.9 Å². The molecule has 0 spiro atoms. The van der Waals surface area contributed by atoms with Gasteiger partial charge in [-0.05, 0) is 72.7 Å². The summed E-state index contributed by atoms with van der Waals surface area (Å²) >= 11 is 7.80. The highest BCUT2D eigenvalue weighted by atomic mass is 35.5. The fourth-order valence-corrected chi connectivity index (χ4v) is 11.8. The van der Waals surface area contributed by atoms with Gasteiger partial charge in [0.05, 0.1) is 52.0 Å². The molecule has 0 radical (unpaired) electrons. The van der Waals surface area contributed by atoms with E-state index in [0.717, 1.165) is 54.2 Å². The number of thiazole rings is 1. The Morgan fingerprint density at radius 2 is 1.62 bits per heavy atom. The molecule has 1 aromatic heterocycles. The summed E-state index contributed by atoms with van der Waals surface area (Å²) < 4.78 is 6.38. The number of nitrogens with zero attached hydrogens (tertiary/aromatic N) is 5. The molecule has 4 amide bonds. The van der Waals surface area contributed by atoms with E-state index in [1.807, 2.05) is 76.2 Å². The summed E-state index contributed by atoms with van der Waals surface area (Å²) in [6, 6.07) is 19.7. The third-order valence-corrected chi connectivity index (χ3v) is 15.8. The average molecular weight is 1010 g/mol. The van der Waals surface area contributed by atoms with Crippen LogP contribution in [0.25, 0.3) is 10.4 Å². The summed E-state index contributed by atoms with van der Waals surface area (Å²) in [4.78, 5) is 66.3. The van der Waals surface area contributed by atoms with Gasteiger partial charge in [-0.15, -0.1) is 11.3 Å². The zero-order valence-corrected chi connectivity index (χ0v) is 43.7. The lowest BCUT2D eigenvalue weighted by atomic mass is 9.49. The van der Waals surface area contributed by atoms with Crippen molar-refractivity contribution >= 4 is 46.6 Å². The zero-order valence-electron chi connectivity index (χ0n) is 42.1. The number of nitrogens with one attached hydrogen (secondary N) is 3. The number of halogens is 1. The molecule has 15 nitrogen and oxygen atoms in total. The molecule has 4 atom stereocenters. The van der Waals surface area contributed by atoms with E-state index < -0.39 is 41.5 Å². The molecule has 1 saturated carbocycles. The number of carbonyl (C=O) groups excluding carboxylic acids is 4. The maximum atomic E-state index is 14.3. The van der Waals surface area contributed by atoms with Gasteiger partial charge >= 0.3 is 0 Å². The number of aliphatic hydroxyl groups excluding tert-OH is 2. The lowest BCUT2D eigenvalue weighted by Crippen LogP contribution is -2.74. The van der Waals surface area contributed by atoms with Gasteiger partial charge in [-0.2, -0.15) is 5.26 Å². The largest absolute Gasteiger partial charge is 0.489 e. The summed E-state index contributed by atoms with van der Waals surface area (Å²) in [5.41, 5.74) is 5.08. The molecule has 3 aromatic carbocycles. The van der Waals surface area contributed by atoms with Gasteiger partial charge in [-0.25, -0.2) is 4.98 Å². The number of aromatic nitrogens is 1. The van der Waals surface area contributed by atoms with Crippen LogP contribution >= 0.6 is 22.9 Å². The quantitative estimate of drug-likeness (QED) is 0.0813. The number of piperazine rings is 1. The number of hydrogen-bond donors (Lipinski definition) is 5. The van der Waals surface area contributed by atoms with Gasteiger partial charge in [-0.1, -0.05) is 96.5 Å². The van der Waals surface area contributed by atoms with Crippen molar-refractivity contribution in [3.05, 3.63) is 105 Å². The smallest absolute Gasteiger partial charge is 0.251 e. The first-order valence-corrected chi connectivity index (χ1v) is 25.8. The predicted molar refractivity (Wildman–Crippen MR) is 275 cm³/mol. The molecule has 71 heavy (non-hydrogen) atoms. The molecule has 2 aliphatic heterocycles. The fourth-order valence-electron chi connectivity index (χ4n) is 10.8. The normalized spacial score (nSPS) is 21.9. The number of amides is 4. The maximum Gasteiger partial charge on any atom is 0.251 e. The summed E-state index contributed by atoms with van der Waals surface area (Å²) in [5, 5.41) is 39.7. The van der Waals surface area contributed by atoms with Gasteiger partial charge in [0, 0.05) is 67.6 Å². The van der Waals surface area contributed by atoms with Crippen LogP contribution in [0.15, 0.2) is 72.2 Å². The number of β-amino-alcohol motifs (C(OH)–C–C–N with tert-alkyl or cyclic N) is 1. The Bertz CT molecular complexity index is 2570. The zero-order chi connectivity index (χ0) is 51.4. The molecule has 7 rings (SSSR count). The molecule has 3 heterocycles. The molecule has 3 aliphatic rings. The lowest BCUT2D eigenvalue weighted by Gasteiger charge is -2.63. The number of ether oxygens (including phenoxy) is 1. The van der Waals surface area contributed by atoms with Gasteiger partial charge in [0.2, 0.25) is 17.7 Å². The number of nitriles is 1. The highest BCUT2D eigenvalue weighted by Gasteiger charge is 2.64. The van der Waals surface area contributed by atoms with E-state index in [0.29, 0.717) is 40.6 Å². The highest BCUT2D eigenvalue weighted by Crippen LogP contribution is 2.55. The van der Waals surface area contributed by atoms with E-state index in [4.69, 9.17) is 16.3 Å². The maximum absolute atomic E-state index is 14.3. The number of rotatable bonds is 17. The van der Waals surface area contributed by atoms with Crippen molar-refractivity contribution in [3.63, 3.8) is 0 Å². The van der Waals surface area contributed by atoms with Gasteiger partial charge in [0.15, 0.2) is 0 Å². The molecule has 17 heteroatoms. The van der Waals surface area contributed by atoms with Crippen molar-refractivity contribution in [3.8, 4) is 22.3 Å².